The van der Waals surface area contributed by atoms with Gasteiger partial charge >= 0.3 is 0 Å². The van der Waals surface area contributed by atoms with E-state index in [1.807, 2.05) is 36.4 Å². The summed E-state index contributed by atoms with van der Waals surface area (Å²) in [6.07, 6.45) is 3.55. The Morgan fingerprint density at radius 2 is 1.48 bits per heavy atom. The summed E-state index contributed by atoms with van der Waals surface area (Å²) in [7, 11) is 0. The van der Waals surface area contributed by atoms with Crippen molar-refractivity contribution in [3.05, 3.63) is 65.9 Å². The van der Waals surface area contributed by atoms with E-state index in [1.165, 1.54) is 17.3 Å². The predicted molar refractivity (Wildman–Crippen MR) is 111 cm³/mol. The highest BCUT2D eigenvalue weighted by Gasteiger charge is 2.28. The molecule has 0 spiro atoms. The molecule has 0 unspecified atom stereocenters. The zero-order valence-electron chi connectivity index (χ0n) is 16.6. The highest BCUT2D eigenvalue weighted by atomic mass is 16.5. The van der Waals surface area contributed by atoms with Crippen molar-refractivity contribution in [1.29, 1.82) is 0 Å². The van der Waals surface area contributed by atoms with Gasteiger partial charge in [-0.05, 0) is 48.2 Å². The van der Waals surface area contributed by atoms with E-state index in [0.29, 0.717) is 11.6 Å². The Hall–Kier alpha value is -3.19. The Morgan fingerprint density at radius 1 is 0.897 bits per heavy atom. The average molecular weight is 391 g/mol. The smallest absolute Gasteiger partial charge is 0.257 e. The van der Waals surface area contributed by atoms with E-state index in [9.17, 15) is 0 Å². The van der Waals surface area contributed by atoms with Crippen LogP contribution in [0.1, 0.15) is 37.8 Å². The molecule has 1 aromatic heterocycles. The van der Waals surface area contributed by atoms with E-state index in [4.69, 9.17) is 20.9 Å². The predicted octanol–water partition coefficient (Wildman–Crippen LogP) is 3.44. The van der Waals surface area contributed by atoms with Gasteiger partial charge in [0.2, 0.25) is 5.95 Å². The van der Waals surface area contributed by atoms with Crippen molar-refractivity contribution in [3.8, 4) is 17.4 Å². The van der Waals surface area contributed by atoms with Crippen molar-refractivity contribution in [2.45, 2.75) is 44.2 Å². The van der Waals surface area contributed by atoms with Crippen LogP contribution in [0.3, 0.4) is 0 Å². The topological polar surface area (TPSA) is 109 Å². The van der Waals surface area contributed by atoms with Crippen LogP contribution in [0.4, 0.5) is 5.95 Å². The standard InChI is InChI=1S/C22H25N5O2/c1-22(2,14-3-7-17(8-4-14)28-19-11-16(23)12-19)15-5-9-18(10-6-15)29-20-13-25-21(24)27-26-20/h3-10,13,16,19H,11-12,23H2,1-2H3,(H2,24,25,27). The summed E-state index contributed by atoms with van der Waals surface area (Å²) in [4.78, 5) is 3.87. The van der Waals surface area contributed by atoms with Crippen LogP contribution in [-0.2, 0) is 5.41 Å². The number of hydrogen-bond donors (Lipinski definition) is 2. The molecule has 3 aromatic rings. The molecular weight excluding hydrogens is 366 g/mol. The number of nitrogens with two attached hydrogens (primary N) is 2. The Labute approximate surface area is 170 Å². The van der Waals surface area contributed by atoms with Crippen LogP contribution in [-0.4, -0.2) is 27.3 Å². The van der Waals surface area contributed by atoms with Gasteiger partial charge in [-0.3, -0.25) is 0 Å². The van der Waals surface area contributed by atoms with Crippen LogP contribution in [0.2, 0.25) is 0 Å². The zero-order chi connectivity index (χ0) is 20.4. The quantitative estimate of drug-likeness (QED) is 0.662. The molecule has 7 nitrogen and oxygen atoms in total. The second kappa shape index (κ2) is 7.67. The molecule has 150 valence electrons. The molecule has 1 fully saturated rings. The van der Waals surface area contributed by atoms with E-state index in [2.05, 4.69) is 41.2 Å². The first-order valence-electron chi connectivity index (χ1n) is 9.66. The minimum atomic E-state index is -0.168. The van der Waals surface area contributed by atoms with Crippen molar-refractivity contribution in [1.82, 2.24) is 15.2 Å². The molecular formula is C22H25N5O2. The Kier molecular flexibility index (Phi) is 5.07. The molecule has 0 saturated heterocycles. The van der Waals surface area contributed by atoms with Gasteiger partial charge in [-0.25, -0.2) is 4.98 Å². The highest BCUT2D eigenvalue weighted by Crippen LogP contribution is 2.34. The summed E-state index contributed by atoms with van der Waals surface area (Å²) in [5.74, 6) is 1.97. The molecule has 0 amide bonds. The molecule has 0 radical (unpaired) electrons. The van der Waals surface area contributed by atoms with Gasteiger partial charge in [-0.2, -0.15) is 0 Å². The summed E-state index contributed by atoms with van der Waals surface area (Å²) in [5, 5.41) is 7.54. The van der Waals surface area contributed by atoms with Gasteiger partial charge in [0.05, 0.1) is 6.20 Å². The molecule has 1 aliphatic rings. The van der Waals surface area contributed by atoms with Gasteiger partial charge in [0.1, 0.15) is 17.6 Å². The van der Waals surface area contributed by atoms with E-state index >= 15 is 0 Å². The van der Waals surface area contributed by atoms with Gasteiger partial charge in [0, 0.05) is 11.5 Å². The molecule has 7 heteroatoms. The number of aromatic nitrogens is 3. The molecule has 0 aliphatic heterocycles. The molecule has 0 bridgehead atoms. The van der Waals surface area contributed by atoms with Crippen molar-refractivity contribution >= 4 is 5.95 Å². The number of anilines is 1. The third-order valence-electron chi connectivity index (χ3n) is 5.37. The summed E-state index contributed by atoms with van der Waals surface area (Å²) in [6, 6.07) is 16.5. The molecule has 29 heavy (non-hydrogen) atoms. The number of rotatable bonds is 6. The highest BCUT2D eigenvalue weighted by molar-refractivity contribution is 5.42. The third kappa shape index (κ3) is 4.30. The summed E-state index contributed by atoms with van der Waals surface area (Å²) in [6.45, 7) is 4.39. The second-order valence-corrected chi connectivity index (χ2v) is 7.90. The van der Waals surface area contributed by atoms with Crippen LogP contribution in [0.15, 0.2) is 54.7 Å². The van der Waals surface area contributed by atoms with Gasteiger partial charge < -0.3 is 20.9 Å². The first kappa shape index (κ1) is 19.1. The molecule has 4 N–H and O–H groups in total. The number of ether oxygens (including phenoxy) is 2. The summed E-state index contributed by atoms with van der Waals surface area (Å²) < 4.78 is 11.6. The number of hydrogen-bond acceptors (Lipinski definition) is 7. The van der Waals surface area contributed by atoms with Crippen LogP contribution < -0.4 is 20.9 Å². The molecule has 1 heterocycles. The fourth-order valence-corrected chi connectivity index (χ4v) is 3.39. The molecule has 1 saturated carbocycles. The number of nitrogen functional groups attached to an aromatic ring is 1. The van der Waals surface area contributed by atoms with Crippen LogP contribution in [0.25, 0.3) is 0 Å². The largest absolute Gasteiger partial charge is 0.490 e. The Morgan fingerprint density at radius 3 is 2.00 bits per heavy atom. The number of nitrogens with zero attached hydrogens (tertiary/aromatic N) is 3. The maximum absolute atomic E-state index is 5.95. The third-order valence-corrected chi connectivity index (χ3v) is 5.37. The fourth-order valence-electron chi connectivity index (χ4n) is 3.39. The minimum Gasteiger partial charge on any atom is -0.490 e. The maximum atomic E-state index is 5.95. The normalized spacial score (nSPS) is 18.7. The molecule has 0 atom stereocenters. The first-order chi connectivity index (χ1) is 13.9. The van der Waals surface area contributed by atoms with Gasteiger partial charge in [0.25, 0.3) is 5.88 Å². The van der Waals surface area contributed by atoms with Gasteiger partial charge in [0.15, 0.2) is 0 Å². The SMILES string of the molecule is CC(C)(c1ccc(Oc2cnc(N)nn2)cc1)c1ccc(OC2CC(N)C2)cc1. The molecule has 2 aromatic carbocycles. The lowest BCUT2D eigenvalue weighted by molar-refractivity contribution is 0.101. The van der Waals surface area contributed by atoms with E-state index in [1.54, 1.807) is 0 Å². The molecule has 1 aliphatic carbocycles. The van der Waals surface area contributed by atoms with E-state index in [0.717, 1.165) is 18.6 Å². The Bertz CT molecular complexity index is 950. The lowest BCUT2D eigenvalue weighted by atomic mass is 9.78. The lowest BCUT2D eigenvalue weighted by Crippen LogP contribution is -2.43. The summed E-state index contributed by atoms with van der Waals surface area (Å²) >= 11 is 0. The van der Waals surface area contributed by atoms with Gasteiger partial charge in [-0.1, -0.05) is 38.1 Å². The van der Waals surface area contributed by atoms with Crippen molar-refractivity contribution in [2.75, 3.05) is 5.73 Å². The number of benzene rings is 2. The van der Waals surface area contributed by atoms with Crippen molar-refractivity contribution < 1.29 is 9.47 Å². The Balaban J connectivity index is 1.44. The minimum absolute atomic E-state index is 0.113. The van der Waals surface area contributed by atoms with E-state index in [-0.39, 0.29) is 23.5 Å². The molecule has 4 rings (SSSR count). The van der Waals surface area contributed by atoms with Crippen LogP contribution in [0.5, 0.6) is 17.4 Å². The monoisotopic (exact) mass is 391 g/mol. The zero-order valence-corrected chi connectivity index (χ0v) is 16.6. The fraction of sp³-hybridized carbons (Fsp3) is 0.318. The summed E-state index contributed by atoms with van der Waals surface area (Å²) in [5.41, 5.74) is 13.5. The van der Waals surface area contributed by atoms with Gasteiger partial charge in [-0.15, -0.1) is 10.2 Å². The van der Waals surface area contributed by atoms with E-state index < -0.39 is 0 Å². The lowest BCUT2D eigenvalue weighted by Gasteiger charge is -2.33. The van der Waals surface area contributed by atoms with Crippen molar-refractivity contribution in [3.63, 3.8) is 0 Å². The average Bonchev–Trinajstić information content (AvgIpc) is 2.69. The second-order valence-electron chi connectivity index (χ2n) is 7.90. The van der Waals surface area contributed by atoms with Crippen LogP contribution in [0, 0.1) is 0 Å². The maximum Gasteiger partial charge on any atom is 0.257 e. The van der Waals surface area contributed by atoms with Crippen molar-refractivity contribution in [2.24, 2.45) is 5.73 Å². The first-order valence-corrected chi connectivity index (χ1v) is 9.66. The van der Waals surface area contributed by atoms with Crippen LogP contribution >= 0.6 is 0 Å².